The van der Waals surface area contributed by atoms with Crippen LogP contribution < -0.4 is 10.2 Å². The van der Waals surface area contributed by atoms with Gasteiger partial charge in [-0.1, -0.05) is 0 Å². The van der Waals surface area contributed by atoms with E-state index in [1.807, 2.05) is 25.6 Å². The first-order chi connectivity index (χ1) is 9.61. The molecule has 1 saturated heterocycles. The predicted octanol–water partition coefficient (Wildman–Crippen LogP) is 1.75. The van der Waals surface area contributed by atoms with E-state index in [1.54, 1.807) is 11.8 Å². The number of nitrogens with zero attached hydrogens (tertiary/aromatic N) is 2. The molecular formula is C15H25N3OS. The Kier molecular flexibility index (Phi) is 5.69. The van der Waals surface area contributed by atoms with Crippen molar-refractivity contribution in [1.29, 1.82) is 0 Å². The van der Waals surface area contributed by atoms with Crippen LogP contribution >= 0.6 is 11.8 Å². The highest BCUT2D eigenvalue weighted by Crippen LogP contribution is 2.19. The maximum Gasteiger partial charge on any atom is 0.0833 e. The smallest absolute Gasteiger partial charge is 0.0833 e. The van der Waals surface area contributed by atoms with Crippen LogP contribution in [0.2, 0.25) is 0 Å². The van der Waals surface area contributed by atoms with E-state index in [4.69, 9.17) is 0 Å². The Morgan fingerprint density at radius 2 is 2.05 bits per heavy atom. The highest BCUT2D eigenvalue weighted by Gasteiger charge is 2.24. The molecule has 112 valence electrons. The number of piperidine rings is 1. The van der Waals surface area contributed by atoms with Crippen LogP contribution in [0.5, 0.6) is 0 Å². The molecule has 1 aliphatic heterocycles. The van der Waals surface area contributed by atoms with Gasteiger partial charge < -0.3 is 15.3 Å². The number of rotatable bonds is 6. The van der Waals surface area contributed by atoms with Crippen molar-refractivity contribution in [3.63, 3.8) is 0 Å². The zero-order valence-electron chi connectivity index (χ0n) is 12.4. The summed E-state index contributed by atoms with van der Waals surface area (Å²) in [5, 5.41) is 13.7. The van der Waals surface area contributed by atoms with Crippen LogP contribution in [0.3, 0.4) is 0 Å². The van der Waals surface area contributed by atoms with E-state index in [0.717, 1.165) is 31.7 Å². The van der Waals surface area contributed by atoms with E-state index in [-0.39, 0.29) is 0 Å². The van der Waals surface area contributed by atoms with Crippen molar-refractivity contribution in [1.82, 2.24) is 10.3 Å². The molecule has 2 rings (SSSR count). The number of pyridine rings is 1. The van der Waals surface area contributed by atoms with Crippen LogP contribution in [0.1, 0.15) is 19.8 Å². The average Bonchev–Trinajstić information content (AvgIpc) is 2.47. The number of aliphatic hydroxyl groups is 1. The zero-order valence-corrected chi connectivity index (χ0v) is 13.2. The van der Waals surface area contributed by atoms with E-state index in [2.05, 4.69) is 27.3 Å². The minimum absolute atomic E-state index is 0.515. The SMILES string of the molecule is CSCC(C)(O)CNC1CCN(c2ccncc2)CC1. The number of anilines is 1. The van der Waals surface area contributed by atoms with Gasteiger partial charge in [-0.25, -0.2) is 0 Å². The lowest BCUT2D eigenvalue weighted by Gasteiger charge is -2.35. The van der Waals surface area contributed by atoms with Gasteiger partial charge in [0.25, 0.3) is 0 Å². The molecule has 20 heavy (non-hydrogen) atoms. The fourth-order valence-corrected chi connectivity index (χ4v) is 3.35. The third kappa shape index (κ3) is 4.65. The molecule has 1 unspecified atom stereocenters. The van der Waals surface area contributed by atoms with Crippen molar-refractivity contribution in [2.75, 3.05) is 36.5 Å². The normalized spacial score (nSPS) is 19.9. The van der Waals surface area contributed by atoms with Gasteiger partial charge in [-0.3, -0.25) is 4.98 Å². The molecule has 1 aliphatic rings. The van der Waals surface area contributed by atoms with Crippen LogP contribution in [-0.2, 0) is 0 Å². The number of hydrogen-bond acceptors (Lipinski definition) is 5. The fourth-order valence-electron chi connectivity index (χ4n) is 2.62. The summed E-state index contributed by atoms with van der Waals surface area (Å²) in [5.74, 6) is 0.774. The van der Waals surface area contributed by atoms with Gasteiger partial charge in [-0.2, -0.15) is 11.8 Å². The molecule has 5 heteroatoms. The first kappa shape index (κ1) is 15.6. The van der Waals surface area contributed by atoms with Crippen molar-refractivity contribution in [2.45, 2.75) is 31.4 Å². The van der Waals surface area contributed by atoms with E-state index >= 15 is 0 Å². The molecule has 0 aliphatic carbocycles. The fraction of sp³-hybridized carbons (Fsp3) is 0.667. The van der Waals surface area contributed by atoms with Gasteiger partial charge in [0.15, 0.2) is 0 Å². The summed E-state index contributed by atoms with van der Waals surface area (Å²) in [6.07, 6.45) is 7.97. The summed E-state index contributed by atoms with van der Waals surface area (Å²) in [6, 6.07) is 4.65. The van der Waals surface area contributed by atoms with Crippen molar-refractivity contribution < 1.29 is 5.11 Å². The van der Waals surface area contributed by atoms with E-state index in [9.17, 15) is 5.11 Å². The van der Waals surface area contributed by atoms with E-state index < -0.39 is 5.60 Å². The number of aromatic nitrogens is 1. The van der Waals surface area contributed by atoms with Gasteiger partial charge in [-0.15, -0.1) is 0 Å². The molecule has 0 aromatic carbocycles. The number of nitrogens with one attached hydrogen (secondary N) is 1. The summed E-state index contributed by atoms with van der Waals surface area (Å²) in [4.78, 5) is 6.46. The Balaban J connectivity index is 1.75. The molecule has 0 spiro atoms. The third-order valence-electron chi connectivity index (χ3n) is 3.75. The molecule has 2 heterocycles. The van der Waals surface area contributed by atoms with Crippen molar-refractivity contribution in [3.05, 3.63) is 24.5 Å². The highest BCUT2D eigenvalue weighted by molar-refractivity contribution is 7.98. The Labute approximate surface area is 126 Å². The van der Waals surface area contributed by atoms with Crippen LogP contribution in [-0.4, -0.2) is 53.4 Å². The minimum atomic E-state index is -0.609. The van der Waals surface area contributed by atoms with Gasteiger partial charge in [-0.05, 0) is 38.2 Å². The molecule has 0 radical (unpaired) electrons. The highest BCUT2D eigenvalue weighted by atomic mass is 32.2. The number of hydrogen-bond donors (Lipinski definition) is 2. The van der Waals surface area contributed by atoms with Crippen molar-refractivity contribution >= 4 is 17.4 Å². The van der Waals surface area contributed by atoms with Gasteiger partial charge in [0.05, 0.1) is 5.60 Å². The Morgan fingerprint density at radius 1 is 1.40 bits per heavy atom. The van der Waals surface area contributed by atoms with E-state index in [1.165, 1.54) is 5.69 Å². The molecule has 1 aromatic rings. The number of thioether (sulfide) groups is 1. The minimum Gasteiger partial charge on any atom is -0.388 e. The van der Waals surface area contributed by atoms with Crippen molar-refractivity contribution in [3.8, 4) is 0 Å². The van der Waals surface area contributed by atoms with Gasteiger partial charge >= 0.3 is 0 Å². The molecule has 4 nitrogen and oxygen atoms in total. The molecule has 0 saturated carbocycles. The maximum absolute atomic E-state index is 10.2. The first-order valence-electron chi connectivity index (χ1n) is 7.20. The standard InChI is InChI=1S/C15H25N3OS/c1-15(19,12-20-2)11-17-13-5-9-18(10-6-13)14-3-7-16-8-4-14/h3-4,7-8,13,17,19H,5-6,9-12H2,1-2H3. The van der Waals surface area contributed by atoms with Crippen LogP contribution in [0.25, 0.3) is 0 Å². The largest absolute Gasteiger partial charge is 0.388 e. The Bertz CT molecular complexity index is 391. The molecule has 0 bridgehead atoms. The van der Waals surface area contributed by atoms with Crippen LogP contribution in [0.15, 0.2) is 24.5 Å². The second kappa shape index (κ2) is 7.29. The maximum atomic E-state index is 10.2. The summed E-state index contributed by atoms with van der Waals surface area (Å²) >= 11 is 1.69. The molecular weight excluding hydrogens is 270 g/mol. The van der Waals surface area contributed by atoms with Gasteiger partial charge in [0.2, 0.25) is 0 Å². The Morgan fingerprint density at radius 3 is 2.65 bits per heavy atom. The van der Waals surface area contributed by atoms with E-state index in [0.29, 0.717) is 12.6 Å². The lowest BCUT2D eigenvalue weighted by Crippen LogP contribution is -2.48. The molecule has 1 aromatic heterocycles. The lowest BCUT2D eigenvalue weighted by atomic mass is 10.0. The summed E-state index contributed by atoms with van der Waals surface area (Å²) in [6.45, 7) is 4.70. The topological polar surface area (TPSA) is 48.4 Å². The first-order valence-corrected chi connectivity index (χ1v) is 8.60. The zero-order chi connectivity index (χ0) is 14.4. The van der Waals surface area contributed by atoms with Crippen LogP contribution in [0.4, 0.5) is 5.69 Å². The molecule has 0 amide bonds. The third-order valence-corrected chi connectivity index (χ3v) is 4.66. The summed E-state index contributed by atoms with van der Waals surface area (Å²) in [5.41, 5.74) is 0.648. The van der Waals surface area contributed by atoms with Crippen molar-refractivity contribution in [2.24, 2.45) is 0 Å². The lowest BCUT2D eigenvalue weighted by molar-refractivity contribution is 0.0802. The second-order valence-corrected chi connectivity index (χ2v) is 6.64. The van der Waals surface area contributed by atoms with Gasteiger partial charge in [0, 0.05) is 49.5 Å². The average molecular weight is 295 g/mol. The van der Waals surface area contributed by atoms with Gasteiger partial charge in [0.1, 0.15) is 0 Å². The second-order valence-electron chi connectivity index (χ2n) is 5.78. The monoisotopic (exact) mass is 295 g/mol. The quantitative estimate of drug-likeness (QED) is 0.837. The molecule has 1 fully saturated rings. The molecule has 2 N–H and O–H groups in total. The predicted molar refractivity (Wildman–Crippen MR) is 86.5 cm³/mol. The van der Waals surface area contributed by atoms with Crippen LogP contribution in [0, 0.1) is 0 Å². The Hall–Kier alpha value is -0.780. The summed E-state index contributed by atoms with van der Waals surface area (Å²) in [7, 11) is 0. The summed E-state index contributed by atoms with van der Waals surface area (Å²) < 4.78 is 0. The molecule has 1 atom stereocenters.